The third kappa shape index (κ3) is 1.21. The number of hydrogen-bond donors (Lipinski definition) is 0. The second kappa shape index (κ2) is 3.08. The van der Waals surface area contributed by atoms with Crippen LogP contribution in [0.2, 0.25) is 0 Å². The molecule has 0 bridgehead atoms. The number of methoxy groups -OCH3 is 1. The van der Waals surface area contributed by atoms with Crippen molar-refractivity contribution in [2.45, 2.75) is 12.5 Å². The average Bonchev–Trinajstić information content (AvgIpc) is 2.52. The van der Waals surface area contributed by atoms with Crippen LogP contribution in [0.4, 0.5) is 0 Å². The molecule has 1 atom stereocenters. The molecule has 1 aromatic rings. The predicted octanol–water partition coefficient (Wildman–Crippen LogP) is 1.25. The number of esters is 2. The molecule has 4 heteroatoms. The monoisotopic (exact) mass is 206 g/mol. The van der Waals surface area contributed by atoms with Gasteiger partial charge in [0.15, 0.2) is 0 Å². The molecule has 0 spiro atoms. The molecular weight excluding hydrogens is 196 g/mol. The Kier molecular flexibility index (Phi) is 2.00. The van der Waals surface area contributed by atoms with E-state index in [1.807, 2.05) is 0 Å². The van der Waals surface area contributed by atoms with Crippen molar-refractivity contribution in [3.8, 4) is 0 Å². The van der Waals surface area contributed by atoms with Crippen molar-refractivity contribution in [1.29, 1.82) is 0 Å². The van der Waals surface area contributed by atoms with Crippen LogP contribution >= 0.6 is 0 Å². The van der Waals surface area contributed by atoms with Gasteiger partial charge in [-0.05, 0) is 13.0 Å². The molecule has 0 N–H and O–H groups in total. The van der Waals surface area contributed by atoms with Gasteiger partial charge < -0.3 is 9.47 Å². The highest BCUT2D eigenvalue weighted by atomic mass is 16.6. The quantitative estimate of drug-likeness (QED) is 0.649. The van der Waals surface area contributed by atoms with Crippen LogP contribution in [0.1, 0.15) is 22.8 Å². The van der Waals surface area contributed by atoms with E-state index in [4.69, 9.17) is 4.74 Å². The third-order valence-corrected chi connectivity index (χ3v) is 2.53. The summed E-state index contributed by atoms with van der Waals surface area (Å²) in [7, 11) is 1.27. The Balaban J connectivity index is 2.57. The van der Waals surface area contributed by atoms with Crippen molar-refractivity contribution in [2.75, 3.05) is 7.11 Å². The molecule has 0 saturated heterocycles. The zero-order valence-corrected chi connectivity index (χ0v) is 8.44. The Morgan fingerprint density at radius 3 is 2.73 bits per heavy atom. The van der Waals surface area contributed by atoms with Crippen molar-refractivity contribution in [1.82, 2.24) is 0 Å². The molecule has 1 heterocycles. The van der Waals surface area contributed by atoms with Gasteiger partial charge in [-0.15, -0.1) is 0 Å². The number of benzene rings is 1. The molecule has 0 unspecified atom stereocenters. The molecular formula is C11H10O4. The molecule has 0 radical (unpaired) electrons. The number of cyclic esters (lactones) is 1. The van der Waals surface area contributed by atoms with E-state index in [0.717, 1.165) is 0 Å². The summed E-state index contributed by atoms with van der Waals surface area (Å²) in [5.41, 5.74) is -0.324. The summed E-state index contributed by atoms with van der Waals surface area (Å²) in [4.78, 5) is 23.0. The number of fused-ring (bicyclic) bond motifs is 1. The Morgan fingerprint density at radius 1 is 1.40 bits per heavy atom. The zero-order chi connectivity index (χ0) is 11.1. The summed E-state index contributed by atoms with van der Waals surface area (Å²) in [6.45, 7) is 1.53. The highest BCUT2D eigenvalue weighted by Crippen LogP contribution is 2.36. The maximum absolute atomic E-state index is 11.5. The first-order valence-corrected chi connectivity index (χ1v) is 4.51. The van der Waals surface area contributed by atoms with Crippen molar-refractivity contribution < 1.29 is 19.1 Å². The number of hydrogen-bond acceptors (Lipinski definition) is 4. The smallest absolute Gasteiger partial charge is 0.354 e. The lowest BCUT2D eigenvalue weighted by Gasteiger charge is -2.20. The fourth-order valence-corrected chi connectivity index (χ4v) is 1.72. The maximum atomic E-state index is 11.5. The normalized spacial score (nSPS) is 23.2. The summed E-state index contributed by atoms with van der Waals surface area (Å²) < 4.78 is 9.68. The molecule has 0 amide bonds. The fourth-order valence-electron chi connectivity index (χ4n) is 1.72. The standard InChI is InChI=1S/C11H10O4/c1-11(10(13)14-2)8-6-4-3-5-7(8)9(12)15-11/h3-6H,1-2H3/t11-/m1/s1. The van der Waals surface area contributed by atoms with Gasteiger partial charge in [0, 0.05) is 5.56 Å². The molecule has 1 aromatic carbocycles. The van der Waals surface area contributed by atoms with Crippen LogP contribution in [0.15, 0.2) is 24.3 Å². The molecule has 0 fully saturated rings. The SMILES string of the molecule is COC(=O)[C@]1(C)OC(=O)c2ccccc21. The van der Waals surface area contributed by atoms with Crippen molar-refractivity contribution in [3.63, 3.8) is 0 Å². The molecule has 0 saturated carbocycles. The minimum atomic E-state index is -1.30. The first kappa shape index (κ1) is 9.71. The summed E-state index contributed by atoms with van der Waals surface area (Å²) >= 11 is 0. The Labute approximate surface area is 86.8 Å². The van der Waals surface area contributed by atoms with Crippen LogP contribution in [0.3, 0.4) is 0 Å². The molecule has 0 aromatic heterocycles. The summed E-state index contributed by atoms with van der Waals surface area (Å²) in [6.07, 6.45) is 0. The summed E-state index contributed by atoms with van der Waals surface area (Å²) in [5.74, 6) is -1.06. The Morgan fingerprint density at radius 2 is 2.07 bits per heavy atom. The minimum absolute atomic E-state index is 0.422. The number of ether oxygens (including phenoxy) is 2. The molecule has 78 valence electrons. The van der Waals surface area contributed by atoms with Gasteiger partial charge in [0.1, 0.15) is 0 Å². The van der Waals surface area contributed by atoms with Crippen molar-refractivity contribution >= 4 is 11.9 Å². The summed E-state index contributed by atoms with van der Waals surface area (Å²) in [5, 5.41) is 0. The zero-order valence-electron chi connectivity index (χ0n) is 8.44. The largest absolute Gasteiger partial charge is 0.466 e. The van der Waals surface area contributed by atoms with Crippen molar-refractivity contribution in [2.24, 2.45) is 0 Å². The number of carbonyl (C=O) groups excluding carboxylic acids is 2. The van der Waals surface area contributed by atoms with Gasteiger partial charge >= 0.3 is 11.9 Å². The second-order valence-electron chi connectivity index (χ2n) is 3.46. The Bertz CT molecular complexity index is 438. The van der Waals surface area contributed by atoms with Gasteiger partial charge in [0.25, 0.3) is 0 Å². The Hall–Kier alpha value is -1.84. The van der Waals surface area contributed by atoms with Crippen LogP contribution in [0.5, 0.6) is 0 Å². The van der Waals surface area contributed by atoms with Crippen LogP contribution in [0, 0.1) is 0 Å². The van der Waals surface area contributed by atoms with Gasteiger partial charge in [0.05, 0.1) is 12.7 Å². The maximum Gasteiger partial charge on any atom is 0.354 e. The van der Waals surface area contributed by atoms with Crippen LogP contribution in [0.25, 0.3) is 0 Å². The van der Waals surface area contributed by atoms with Gasteiger partial charge in [-0.2, -0.15) is 0 Å². The fraction of sp³-hybridized carbons (Fsp3) is 0.273. The highest BCUT2D eigenvalue weighted by Gasteiger charge is 2.48. The van der Waals surface area contributed by atoms with Crippen LogP contribution in [-0.2, 0) is 19.9 Å². The van der Waals surface area contributed by atoms with Gasteiger partial charge in [-0.25, -0.2) is 9.59 Å². The lowest BCUT2D eigenvalue weighted by Crippen LogP contribution is -2.33. The molecule has 2 rings (SSSR count). The minimum Gasteiger partial charge on any atom is -0.466 e. The first-order chi connectivity index (χ1) is 7.09. The van der Waals surface area contributed by atoms with E-state index in [1.165, 1.54) is 14.0 Å². The molecule has 4 nitrogen and oxygen atoms in total. The second-order valence-corrected chi connectivity index (χ2v) is 3.46. The van der Waals surface area contributed by atoms with E-state index in [0.29, 0.717) is 11.1 Å². The van der Waals surface area contributed by atoms with E-state index >= 15 is 0 Å². The van der Waals surface area contributed by atoms with E-state index in [-0.39, 0.29) is 0 Å². The third-order valence-electron chi connectivity index (χ3n) is 2.53. The van der Waals surface area contributed by atoms with E-state index in [1.54, 1.807) is 24.3 Å². The predicted molar refractivity (Wildman–Crippen MR) is 51.2 cm³/mol. The summed E-state index contributed by atoms with van der Waals surface area (Å²) in [6, 6.07) is 6.80. The van der Waals surface area contributed by atoms with Gasteiger partial charge in [-0.1, -0.05) is 18.2 Å². The van der Waals surface area contributed by atoms with Gasteiger partial charge in [0.2, 0.25) is 5.60 Å². The van der Waals surface area contributed by atoms with E-state index < -0.39 is 17.5 Å². The molecule has 0 aliphatic carbocycles. The average molecular weight is 206 g/mol. The lowest BCUT2D eigenvalue weighted by atomic mass is 9.94. The molecule has 15 heavy (non-hydrogen) atoms. The molecule has 1 aliphatic rings. The lowest BCUT2D eigenvalue weighted by molar-refractivity contribution is -0.160. The van der Waals surface area contributed by atoms with Crippen molar-refractivity contribution in [3.05, 3.63) is 35.4 Å². The number of rotatable bonds is 1. The topological polar surface area (TPSA) is 52.6 Å². The van der Waals surface area contributed by atoms with E-state index in [2.05, 4.69) is 4.74 Å². The number of carbonyl (C=O) groups is 2. The van der Waals surface area contributed by atoms with E-state index in [9.17, 15) is 9.59 Å². The van der Waals surface area contributed by atoms with Gasteiger partial charge in [-0.3, -0.25) is 0 Å². The van der Waals surface area contributed by atoms with Crippen LogP contribution in [-0.4, -0.2) is 19.0 Å². The molecule has 1 aliphatic heterocycles. The highest BCUT2D eigenvalue weighted by molar-refractivity contribution is 6.00. The van der Waals surface area contributed by atoms with Crippen LogP contribution < -0.4 is 0 Å². The first-order valence-electron chi connectivity index (χ1n) is 4.51.